The van der Waals surface area contributed by atoms with Gasteiger partial charge in [0.2, 0.25) is 0 Å². The lowest BCUT2D eigenvalue weighted by Crippen LogP contribution is -2.30. The lowest BCUT2D eigenvalue weighted by atomic mass is 10.0. The highest BCUT2D eigenvalue weighted by Gasteiger charge is 2.41. The smallest absolute Gasteiger partial charge is 0.273 e. The Morgan fingerprint density at radius 2 is 2.20 bits per heavy atom. The summed E-state index contributed by atoms with van der Waals surface area (Å²) in [6.07, 6.45) is 3.05. The van der Waals surface area contributed by atoms with E-state index in [2.05, 4.69) is 5.32 Å². The van der Waals surface area contributed by atoms with Crippen molar-refractivity contribution < 1.29 is 9.72 Å². The van der Waals surface area contributed by atoms with E-state index < -0.39 is 4.92 Å². The van der Waals surface area contributed by atoms with Crippen LogP contribution in [0.3, 0.4) is 0 Å². The minimum absolute atomic E-state index is 0.0282. The number of hydrogen-bond donors (Lipinski definition) is 1. The van der Waals surface area contributed by atoms with Gasteiger partial charge < -0.3 is 5.32 Å². The second-order valence-electron chi connectivity index (χ2n) is 5.38. The molecule has 1 aliphatic rings. The van der Waals surface area contributed by atoms with Gasteiger partial charge in [-0.05, 0) is 37.7 Å². The first-order valence-corrected chi connectivity index (χ1v) is 7.10. The molecule has 0 radical (unpaired) electrons. The van der Waals surface area contributed by atoms with Crippen molar-refractivity contribution in [1.82, 2.24) is 5.32 Å². The van der Waals surface area contributed by atoms with Crippen molar-refractivity contribution in [3.8, 4) is 0 Å². The molecule has 20 heavy (non-hydrogen) atoms. The Morgan fingerprint density at radius 1 is 1.50 bits per heavy atom. The number of benzene rings is 1. The minimum atomic E-state index is -0.470. The zero-order valence-corrected chi connectivity index (χ0v) is 12.1. The zero-order valence-electron chi connectivity index (χ0n) is 11.3. The highest BCUT2D eigenvalue weighted by Crippen LogP contribution is 2.48. The van der Waals surface area contributed by atoms with Crippen LogP contribution in [-0.4, -0.2) is 23.3 Å². The molecule has 1 fully saturated rings. The normalized spacial score (nSPS) is 15.7. The van der Waals surface area contributed by atoms with Crippen molar-refractivity contribution in [2.24, 2.45) is 5.41 Å². The van der Waals surface area contributed by atoms with E-state index in [-0.39, 0.29) is 17.0 Å². The first kappa shape index (κ1) is 14.8. The molecule has 0 unspecified atom stereocenters. The number of carbonyl (C=O) groups is 1. The Labute approximate surface area is 122 Å². The second-order valence-corrected chi connectivity index (χ2v) is 5.76. The highest BCUT2D eigenvalue weighted by atomic mass is 35.5. The minimum Gasteiger partial charge on any atom is -0.351 e. The number of rotatable bonds is 6. The van der Waals surface area contributed by atoms with Gasteiger partial charge in [0.05, 0.1) is 4.92 Å². The van der Waals surface area contributed by atoms with Gasteiger partial charge in [0.25, 0.3) is 11.6 Å². The summed E-state index contributed by atoms with van der Waals surface area (Å²) in [4.78, 5) is 22.4. The number of nitro benzene ring substituents is 1. The topological polar surface area (TPSA) is 72.2 Å². The summed E-state index contributed by atoms with van der Waals surface area (Å²) in [6, 6.07) is 4.53. The van der Waals surface area contributed by atoms with Crippen LogP contribution in [0, 0.1) is 22.5 Å². The number of nitro groups is 1. The van der Waals surface area contributed by atoms with Crippen LogP contribution in [0.5, 0.6) is 0 Å². The maximum atomic E-state index is 12.0. The number of nitrogens with zero attached hydrogens (tertiary/aromatic N) is 1. The Kier molecular flexibility index (Phi) is 4.28. The molecule has 108 valence electrons. The third kappa shape index (κ3) is 3.28. The van der Waals surface area contributed by atoms with Gasteiger partial charge in [0.1, 0.15) is 0 Å². The first-order chi connectivity index (χ1) is 9.47. The lowest BCUT2D eigenvalue weighted by molar-refractivity contribution is -0.385. The van der Waals surface area contributed by atoms with Gasteiger partial charge in [-0.25, -0.2) is 0 Å². The standard InChI is InChI=1S/C14H17ClN2O3/c1-10-2-3-11(8-12(10)17(19)20)13(18)16-9-14(4-5-14)6-7-15/h2-3,8H,4-7,9H2,1H3,(H,16,18). The van der Waals surface area contributed by atoms with Crippen molar-refractivity contribution in [3.63, 3.8) is 0 Å². The maximum Gasteiger partial charge on any atom is 0.273 e. The van der Waals surface area contributed by atoms with Crippen LogP contribution in [0.25, 0.3) is 0 Å². The molecule has 1 saturated carbocycles. The number of nitrogens with one attached hydrogen (secondary N) is 1. The van der Waals surface area contributed by atoms with E-state index in [9.17, 15) is 14.9 Å². The quantitative estimate of drug-likeness (QED) is 0.498. The van der Waals surface area contributed by atoms with E-state index in [1.165, 1.54) is 6.07 Å². The molecule has 0 saturated heterocycles. The monoisotopic (exact) mass is 296 g/mol. The van der Waals surface area contributed by atoms with Gasteiger partial charge in [0.15, 0.2) is 0 Å². The number of alkyl halides is 1. The van der Waals surface area contributed by atoms with Crippen LogP contribution in [0.2, 0.25) is 0 Å². The van der Waals surface area contributed by atoms with Crippen LogP contribution >= 0.6 is 11.6 Å². The van der Waals surface area contributed by atoms with Crippen molar-refractivity contribution in [1.29, 1.82) is 0 Å². The van der Waals surface area contributed by atoms with Crippen LogP contribution < -0.4 is 5.32 Å². The SMILES string of the molecule is Cc1ccc(C(=O)NCC2(CCCl)CC2)cc1[N+](=O)[O-]. The molecule has 1 aliphatic carbocycles. The third-order valence-corrected chi connectivity index (χ3v) is 4.06. The molecule has 1 aromatic carbocycles. The highest BCUT2D eigenvalue weighted by molar-refractivity contribution is 6.17. The molecule has 2 rings (SSSR count). The Bertz CT molecular complexity index is 541. The van der Waals surface area contributed by atoms with Crippen molar-refractivity contribution in [3.05, 3.63) is 39.4 Å². The van der Waals surface area contributed by atoms with E-state index >= 15 is 0 Å². The summed E-state index contributed by atoms with van der Waals surface area (Å²) >= 11 is 5.74. The first-order valence-electron chi connectivity index (χ1n) is 6.57. The summed E-state index contributed by atoms with van der Waals surface area (Å²) in [5.74, 6) is 0.320. The van der Waals surface area contributed by atoms with Gasteiger partial charge >= 0.3 is 0 Å². The number of amides is 1. The average Bonchev–Trinajstić information content (AvgIpc) is 3.17. The van der Waals surface area contributed by atoms with Crippen molar-refractivity contribution in [2.45, 2.75) is 26.2 Å². The van der Waals surface area contributed by atoms with E-state index in [4.69, 9.17) is 11.6 Å². The van der Waals surface area contributed by atoms with E-state index in [1.807, 2.05) is 0 Å². The van der Waals surface area contributed by atoms with Crippen LogP contribution in [0.4, 0.5) is 5.69 Å². The van der Waals surface area contributed by atoms with Crippen molar-refractivity contribution >= 4 is 23.2 Å². The fourth-order valence-corrected chi connectivity index (χ4v) is 2.61. The van der Waals surface area contributed by atoms with Gasteiger partial charge in [-0.3, -0.25) is 14.9 Å². The van der Waals surface area contributed by atoms with Crippen LogP contribution in [0.15, 0.2) is 18.2 Å². The van der Waals surface area contributed by atoms with Crippen LogP contribution in [-0.2, 0) is 0 Å². The Morgan fingerprint density at radius 3 is 2.75 bits per heavy atom. The summed E-state index contributed by atoms with van der Waals surface area (Å²) in [6.45, 7) is 2.24. The number of halogens is 1. The van der Waals surface area contributed by atoms with Gasteiger partial charge in [0, 0.05) is 29.6 Å². The average molecular weight is 297 g/mol. The Hall–Kier alpha value is -1.62. The molecule has 1 N–H and O–H groups in total. The van der Waals surface area contributed by atoms with Crippen molar-refractivity contribution in [2.75, 3.05) is 12.4 Å². The molecular formula is C14H17ClN2O3. The second kappa shape index (κ2) is 5.79. The molecule has 0 aromatic heterocycles. The predicted molar refractivity (Wildman–Crippen MR) is 77.2 cm³/mol. The number of aryl methyl sites for hydroxylation is 1. The summed E-state index contributed by atoms with van der Waals surface area (Å²) in [7, 11) is 0. The van der Waals surface area contributed by atoms with E-state index in [0.29, 0.717) is 23.6 Å². The third-order valence-electron chi connectivity index (χ3n) is 3.87. The van der Waals surface area contributed by atoms with Gasteiger partial charge in [-0.1, -0.05) is 6.07 Å². The molecule has 1 amide bonds. The van der Waals surface area contributed by atoms with Crippen LogP contribution in [0.1, 0.15) is 35.2 Å². The molecule has 0 heterocycles. The summed E-state index contributed by atoms with van der Waals surface area (Å²) < 4.78 is 0. The molecule has 0 bridgehead atoms. The predicted octanol–water partition coefficient (Wildman–Crippen LogP) is 3.04. The number of hydrogen-bond acceptors (Lipinski definition) is 3. The van der Waals surface area contributed by atoms with Gasteiger partial charge in [-0.15, -0.1) is 11.6 Å². The van der Waals surface area contributed by atoms with Gasteiger partial charge in [-0.2, -0.15) is 0 Å². The van der Waals surface area contributed by atoms with E-state index in [0.717, 1.165) is 19.3 Å². The fraction of sp³-hybridized carbons (Fsp3) is 0.500. The maximum absolute atomic E-state index is 12.0. The fourth-order valence-electron chi connectivity index (χ4n) is 2.21. The molecule has 0 atom stereocenters. The molecule has 5 nitrogen and oxygen atoms in total. The summed E-state index contributed by atoms with van der Waals surface area (Å²) in [5.41, 5.74) is 0.990. The largest absolute Gasteiger partial charge is 0.351 e. The Balaban J connectivity index is 2.03. The van der Waals surface area contributed by atoms with E-state index in [1.54, 1.807) is 19.1 Å². The molecule has 1 aromatic rings. The molecule has 0 aliphatic heterocycles. The molecular weight excluding hydrogens is 280 g/mol. The molecule has 0 spiro atoms. The molecule has 6 heteroatoms. The summed E-state index contributed by atoms with van der Waals surface area (Å²) in [5, 5.41) is 13.7. The zero-order chi connectivity index (χ0) is 14.8. The number of carbonyl (C=O) groups excluding carboxylic acids is 1. The lowest BCUT2D eigenvalue weighted by Gasteiger charge is -2.14.